The van der Waals surface area contributed by atoms with E-state index in [9.17, 15) is 13.6 Å². The molecule has 0 amide bonds. The molecule has 1 unspecified atom stereocenters. The molecule has 1 saturated carbocycles. The maximum absolute atomic E-state index is 12.8. The number of halogens is 2. The van der Waals surface area contributed by atoms with Crippen LogP contribution in [0.3, 0.4) is 0 Å². The van der Waals surface area contributed by atoms with Gasteiger partial charge in [-0.15, -0.1) is 0 Å². The molecule has 0 bridgehead atoms. The SMILES string of the molecule is CCOC(=O)C(N)C1CCC(F)(F)CC1. The molecular weight excluding hydrogens is 204 g/mol. The van der Waals surface area contributed by atoms with Crippen molar-refractivity contribution in [1.82, 2.24) is 0 Å². The predicted molar refractivity (Wildman–Crippen MR) is 51.5 cm³/mol. The Hall–Kier alpha value is -0.710. The normalized spacial score (nSPS) is 23.5. The first-order valence-corrected chi connectivity index (χ1v) is 5.26. The predicted octanol–water partition coefficient (Wildman–Crippen LogP) is 1.70. The molecule has 0 saturated heterocycles. The fourth-order valence-electron chi connectivity index (χ4n) is 1.85. The molecule has 1 atom stereocenters. The second kappa shape index (κ2) is 4.88. The third-order valence-electron chi connectivity index (χ3n) is 2.83. The summed E-state index contributed by atoms with van der Waals surface area (Å²) in [6.07, 6.45) is 0.246. The molecule has 1 rings (SSSR count). The van der Waals surface area contributed by atoms with Gasteiger partial charge in [0.2, 0.25) is 5.92 Å². The molecule has 0 heterocycles. The topological polar surface area (TPSA) is 52.3 Å². The van der Waals surface area contributed by atoms with Crippen LogP contribution in [0, 0.1) is 5.92 Å². The number of carbonyl (C=O) groups excluding carboxylic acids is 1. The van der Waals surface area contributed by atoms with Gasteiger partial charge in [-0.25, -0.2) is 8.78 Å². The molecule has 0 spiro atoms. The summed E-state index contributed by atoms with van der Waals surface area (Å²) in [5, 5.41) is 0. The molecule has 3 nitrogen and oxygen atoms in total. The third kappa shape index (κ3) is 3.41. The van der Waals surface area contributed by atoms with Gasteiger partial charge in [-0.1, -0.05) is 0 Å². The standard InChI is InChI=1S/C10H17F2NO2/c1-2-15-9(14)8(13)7-3-5-10(11,12)6-4-7/h7-8H,2-6,13H2,1H3. The average molecular weight is 221 g/mol. The van der Waals surface area contributed by atoms with Crippen LogP contribution in [0.1, 0.15) is 32.6 Å². The molecule has 0 aromatic rings. The Morgan fingerprint density at radius 3 is 2.53 bits per heavy atom. The molecule has 5 heteroatoms. The number of esters is 1. The van der Waals surface area contributed by atoms with Gasteiger partial charge >= 0.3 is 5.97 Å². The zero-order valence-electron chi connectivity index (χ0n) is 8.84. The van der Waals surface area contributed by atoms with Crippen LogP contribution in [0.25, 0.3) is 0 Å². The highest BCUT2D eigenvalue weighted by Crippen LogP contribution is 2.37. The lowest BCUT2D eigenvalue weighted by Crippen LogP contribution is -2.42. The minimum atomic E-state index is -2.58. The van der Waals surface area contributed by atoms with Crippen LogP contribution in [0.2, 0.25) is 0 Å². The van der Waals surface area contributed by atoms with Gasteiger partial charge in [0.15, 0.2) is 0 Å². The molecule has 88 valence electrons. The van der Waals surface area contributed by atoms with E-state index in [-0.39, 0.29) is 25.4 Å². The fourth-order valence-corrected chi connectivity index (χ4v) is 1.85. The maximum atomic E-state index is 12.8. The van der Waals surface area contributed by atoms with Gasteiger partial charge in [0.05, 0.1) is 6.61 Å². The van der Waals surface area contributed by atoms with Crippen molar-refractivity contribution in [1.29, 1.82) is 0 Å². The number of carbonyl (C=O) groups is 1. The Morgan fingerprint density at radius 1 is 1.53 bits per heavy atom. The van der Waals surface area contributed by atoms with Gasteiger partial charge < -0.3 is 10.5 Å². The van der Waals surface area contributed by atoms with Crippen LogP contribution in [-0.4, -0.2) is 24.5 Å². The number of ether oxygens (including phenoxy) is 1. The maximum Gasteiger partial charge on any atom is 0.323 e. The van der Waals surface area contributed by atoms with Crippen molar-refractivity contribution in [2.75, 3.05) is 6.61 Å². The molecule has 0 aliphatic heterocycles. The second-order valence-corrected chi connectivity index (χ2v) is 3.97. The lowest BCUT2D eigenvalue weighted by molar-refractivity contribution is -0.147. The molecule has 2 N–H and O–H groups in total. The molecule has 0 aromatic heterocycles. The molecule has 1 aliphatic rings. The minimum absolute atomic E-state index is 0.163. The zero-order valence-corrected chi connectivity index (χ0v) is 8.84. The largest absolute Gasteiger partial charge is 0.465 e. The van der Waals surface area contributed by atoms with E-state index in [1.54, 1.807) is 6.92 Å². The van der Waals surface area contributed by atoms with E-state index in [2.05, 4.69) is 0 Å². The number of nitrogens with two attached hydrogens (primary N) is 1. The Balaban J connectivity index is 2.42. The number of rotatable bonds is 3. The summed E-state index contributed by atoms with van der Waals surface area (Å²) in [6, 6.07) is -0.749. The molecule has 0 radical (unpaired) electrons. The molecule has 1 fully saturated rings. The zero-order chi connectivity index (χ0) is 11.5. The van der Waals surface area contributed by atoms with E-state index in [0.29, 0.717) is 12.8 Å². The third-order valence-corrected chi connectivity index (χ3v) is 2.83. The summed E-state index contributed by atoms with van der Waals surface area (Å²) >= 11 is 0. The Kier molecular flexibility index (Phi) is 4.02. The molecule has 1 aliphatic carbocycles. The van der Waals surface area contributed by atoms with Crippen LogP contribution < -0.4 is 5.73 Å². The number of hydrogen-bond acceptors (Lipinski definition) is 3. The quantitative estimate of drug-likeness (QED) is 0.738. The summed E-state index contributed by atoms with van der Waals surface area (Å²) < 4.78 is 30.4. The first-order chi connectivity index (χ1) is 6.96. The van der Waals surface area contributed by atoms with E-state index < -0.39 is 17.9 Å². The van der Waals surface area contributed by atoms with Gasteiger partial charge in [-0.2, -0.15) is 0 Å². The van der Waals surface area contributed by atoms with Crippen molar-refractivity contribution in [3.8, 4) is 0 Å². The Labute approximate surface area is 88.0 Å². The van der Waals surface area contributed by atoms with Crippen molar-refractivity contribution in [2.45, 2.75) is 44.6 Å². The summed E-state index contributed by atoms with van der Waals surface area (Å²) in [5.74, 6) is -3.22. The van der Waals surface area contributed by atoms with Crippen molar-refractivity contribution < 1.29 is 18.3 Å². The summed E-state index contributed by atoms with van der Waals surface area (Å²) in [4.78, 5) is 11.3. The van der Waals surface area contributed by atoms with Gasteiger partial charge in [0, 0.05) is 12.8 Å². The number of hydrogen-bond donors (Lipinski definition) is 1. The summed E-state index contributed by atoms with van der Waals surface area (Å²) in [7, 11) is 0. The van der Waals surface area contributed by atoms with Crippen LogP contribution in [0.15, 0.2) is 0 Å². The molecule has 0 aromatic carbocycles. The van der Waals surface area contributed by atoms with Crippen molar-refractivity contribution in [3.63, 3.8) is 0 Å². The smallest absolute Gasteiger partial charge is 0.323 e. The lowest BCUT2D eigenvalue weighted by Gasteiger charge is -2.30. The van der Waals surface area contributed by atoms with Gasteiger partial charge in [-0.05, 0) is 25.7 Å². The first-order valence-electron chi connectivity index (χ1n) is 5.26. The van der Waals surface area contributed by atoms with Crippen molar-refractivity contribution in [2.24, 2.45) is 11.7 Å². The fraction of sp³-hybridized carbons (Fsp3) is 0.900. The molecular formula is C10H17F2NO2. The molecule has 15 heavy (non-hydrogen) atoms. The highest BCUT2D eigenvalue weighted by Gasteiger charge is 2.38. The van der Waals surface area contributed by atoms with Crippen LogP contribution >= 0.6 is 0 Å². The monoisotopic (exact) mass is 221 g/mol. The first kappa shape index (κ1) is 12.4. The van der Waals surface area contributed by atoms with Crippen LogP contribution in [0.4, 0.5) is 8.78 Å². The van der Waals surface area contributed by atoms with E-state index >= 15 is 0 Å². The van der Waals surface area contributed by atoms with Gasteiger partial charge in [0.25, 0.3) is 0 Å². The Bertz CT molecular complexity index is 223. The van der Waals surface area contributed by atoms with E-state index in [0.717, 1.165) is 0 Å². The highest BCUT2D eigenvalue weighted by molar-refractivity contribution is 5.75. The van der Waals surface area contributed by atoms with Crippen molar-refractivity contribution in [3.05, 3.63) is 0 Å². The van der Waals surface area contributed by atoms with Crippen LogP contribution in [-0.2, 0) is 9.53 Å². The average Bonchev–Trinajstić information content (AvgIpc) is 2.17. The highest BCUT2D eigenvalue weighted by atomic mass is 19.3. The second-order valence-electron chi connectivity index (χ2n) is 3.97. The van der Waals surface area contributed by atoms with E-state index in [4.69, 9.17) is 10.5 Å². The van der Waals surface area contributed by atoms with Crippen LogP contribution in [0.5, 0.6) is 0 Å². The summed E-state index contributed by atoms with van der Waals surface area (Å²) in [6.45, 7) is 1.97. The van der Waals surface area contributed by atoms with Gasteiger partial charge in [0.1, 0.15) is 6.04 Å². The van der Waals surface area contributed by atoms with Gasteiger partial charge in [-0.3, -0.25) is 4.79 Å². The van der Waals surface area contributed by atoms with E-state index in [1.165, 1.54) is 0 Å². The van der Waals surface area contributed by atoms with Crippen molar-refractivity contribution >= 4 is 5.97 Å². The van der Waals surface area contributed by atoms with E-state index in [1.807, 2.05) is 0 Å². The lowest BCUT2D eigenvalue weighted by atomic mass is 9.82. The minimum Gasteiger partial charge on any atom is -0.465 e. The summed E-state index contributed by atoms with van der Waals surface area (Å²) in [5.41, 5.74) is 5.65. The number of alkyl halides is 2. The Morgan fingerprint density at radius 2 is 2.07 bits per heavy atom.